The van der Waals surface area contributed by atoms with Crippen LogP contribution in [-0.2, 0) is 0 Å². The molecule has 1 aromatic carbocycles. The van der Waals surface area contributed by atoms with E-state index in [4.69, 9.17) is 10.2 Å². The smallest absolute Gasteiger partial charge is 0.197 e. The van der Waals surface area contributed by atoms with E-state index in [9.17, 15) is 5.11 Å². The van der Waals surface area contributed by atoms with Crippen molar-refractivity contribution in [1.82, 2.24) is 9.55 Å². The molecule has 0 spiro atoms. The number of rotatable bonds is 2. The van der Waals surface area contributed by atoms with E-state index in [0.29, 0.717) is 5.69 Å². The molecule has 0 saturated carbocycles. The Hall–Kier alpha value is -1.85. The van der Waals surface area contributed by atoms with Crippen LogP contribution in [0.25, 0.3) is 5.69 Å². The molecule has 0 aliphatic rings. The zero-order valence-electron chi connectivity index (χ0n) is 7.78. The molecule has 0 aliphatic carbocycles. The Morgan fingerprint density at radius 2 is 1.93 bits per heavy atom. The van der Waals surface area contributed by atoms with Crippen molar-refractivity contribution < 1.29 is 15.3 Å². The van der Waals surface area contributed by atoms with Gasteiger partial charge in [0.25, 0.3) is 0 Å². The number of hydrogen-bond acceptors (Lipinski definition) is 4. The van der Waals surface area contributed by atoms with Crippen LogP contribution in [-0.4, -0.2) is 24.9 Å². The highest BCUT2D eigenvalue weighted by Gasteiger charge is 2.08. The second kappa shape index (κ2) is 3.72. The van der Waals surface area contributed by atoms with Gasteiger partial charge in [-0.3, -0.25) is 0 Å². The summed E-state index contributed by atoms with van der Waals surface area (Å²) in [5.41, 5.74) is 0.676. The van der Waals surface area contributed by atoms with Crippen molar-refractivity contribution in [2.24, 2.45) is 0 Å². The number of aliphatic hydroxyl groups is 2. The van der Waals surface area contributed by atoms with Crippen molar-refractivity contribution in [2.45, 2.75) is 6.29 Å². The van der Waals surface area contributed by atoms with E-state index >= 15 is 0 Å². The summed E-state index contributed by atoms with van der Waals surface area (Å²) in [6, 6.07) is 6.72. The van der Waals surface area contributed by atoms with Gasteiger partial charge in [-0.25, -0.2) is 4.98 Å². The number of imidazole rings is 1. The first kappa shape index (κ1) is 9.70. The van der Waals surface area contributed by atoms with Gasteiger partial charge in [0.15, 0.2) is 6.29 Å². The van der Waals surface area contributed by atoms with E-state index < -0.39 is 6.29 Å². The minimum atomic E-state index is -1.60. The molecular weight excluding hydrogens is 196 g/mol. The van der Waals surface area contributed by atoms with Crippen molar-refractivity contribution in [3.8, 4) is 11.4 Å². The minimum Gasteiger partial charge on any atom is -0.506 e. The maximum atomic E-state index is 9.54. The van der Waals surface area contributed by atoms with Crippen LogP contribution < -0.4 is 0 Å². The highest BCUT2D eigenvalue weighted by molar-refractivity contribution is 5.45. The third-order valence-corrected chi connectivity index (χ3v) is 2.03. The SMILES string of the molecule is Oc1ccccc1-n1cnc(C(O)O)c1. The molecule has 0 aliphatic heterocycles. The average molecular weight is 206 g/mol. The van der Waals surface area contributed by atoms with Crippen molar-refractivity contribution in [2.75, 3.05) is 0 Å². The summed E-state index contributed by atoms with van der Waals surface area (Å²) < 4.78 is 1.52. The molecule has 1 aromatic heterocycles. The van der Waals surface area contributed by atoms with Crippen LogP contribution in [0.4, 0.5) is 0 Å². The second-order valence-electron chi connectivity index (χ2n) is 3.07. The summed E-state index contributed by atoms with van der Waals surface area (Å²) in [7, 11) is 0. The van der Waals surface area contributed by atoms with Crippen LogP contribution in [0.2, 0.25) is 0 Å². The monoisotopic (exact) mass is 206 g/mol. The lowest BCUT2D eigenvalue weighted by molar-refractivity contribution is -0.0455. The molecule has 0 radical (unpaired) electrons. The normalized spacial score (nSPS) is 10.9. The highest BCUT2D eigenvalue weighted by atomic mass is 16.5. The molecule has 0 atom stereocenters. The summed E-state index contributed by atoms with van der Waals surface area (Å²) in [5.74, 6) is 0.105. The van der Waals surface area contributed by atoms with Gasteiger partial charge in [-0.2, -0.15) is 0 Å². The first-order valence-corrected chi connectivity index (χ1v) is 4.37. The fraction of sp³-hybridized carbons (Fsp3) is 0.100. The minimum absolute atomic E-state index is 0.105. The summed E-state index contributed by atoms with van der Waals surface area (Å²) in [6.45, 7) is 0. The second-order valence-corrected chi connectivity index (χ2v) is 3.07. The Morgan fingerprint density at radius 3 is 2.53 bits per heavy atom. The number of aromatic hydroxyl groups is 1. The van der Waals surface area contributed by atoms with E-state index in [-0.39, 0.29) is 11.4 Å². The molecule has 3 N–H and O–H groups in total. The summed E-state index contributed by atoms with van der Waals surface area (Å²) in [4.78, 5) is 3.79. The van der Waals surface area contributed by atoms with Gasteiger partial charge in [-0.15, -0.1) is 0 Å². The van der Waals surface area contributed by atoms with E-state index in [1.807, 2.05) is 0 Å². The largest absolute Gasteiger partial charge is 0.506 e. The number of aromatic nitrogens is 2. The first-order valence-electron chi connectivity index (χ1n) is 4.37. The maximum absolute atomic E-state index is 9.54. The lowest BCUT2D eigenvalue weighted by atomic mass is 10.3. The van der Waals surface area contributed by atoms with Gasteiger partial charge in [-0.05, 0) is 12.1 Å². The van der Waals surface area contributed by atoms with Crippen molar-refractivity contribution >= 4 is 0 Å². The van der Waals surface area contributed by atoms with Crippen LogP contribution in [0.15, 0.2) is 36.8 Å². The van der Waals surface area contributed by atoms with Gasteiger partial charge in [-0.1, -0.05) is 12.1 Å². The molecule has 0 fully saturated rings. The van der Waals surface area contributed by atoms with Crippen LogP contribution in [0.1, 0.15) is 12.0 Å². The van der Waals surface area contributed by atoms with Gasteiger partial charge in [0.1, 0.15) is 11.4 Å². The molecule has 0 saturated heterocycles. The fourth-order valence-corrected chi connectivity index (χ4v) is 1.29. The van der Waals surface area contributed by atoms with Crippen LogP contribution >= 0.6 is 0 Å². The van der Waals surface area contributed by atoms with Gasteiger partial charge >= 0.3 is 0 Å². The molecule has 2 aromatic rings. The predicted octanol–water partition coefficient (Wildman–Crippen LogP) is 0.561. The van der Waals surface area contributed by atoms with Crippen LogP contribution in [0, 0.1) is 0 Å². The zero-order chi connectivity index (χ0) is 10.8. The molecule has 78 valence electrons. The summed E-state index contributed by atoms with van der Waals surface area (Å²) in [6.07, 6.45) is 1.25. The number of hydrogen-bond donors (Lipinski definition) is 3. The molecule has 15 heavy (non-hydrogen) atoms. The van der Waals surface area contributed by atoms with Crippen molar-refractivity contribution in [3.63, 3.8) is 0 Å². The van der Waals surface area contributed by atoms with E-state index in [1.54, 1.807) is 24.3 Å². The Bertz CT molecular complexity index is 465. The lowest BCUT2D eigenvalue weighted by Gasteiger charge is -2.03. The van der Waals surface area contributed by atoms with Crippen LogP contribution in [0.5, 0.6) is 5.75 Å². The number of para-hydroxylation sites is 2. The molecule has 0 unspecified atom stereocenters. The topological polar surface area (TPSA) is 78.5 Å². The lowest BCUT2D eigenvalue weighted by Crippen LogP contribution is -1.94. The van der Waals surface area contributed by atoms with Crippen molar-refractivity contribution in [3.05, 3.63) is 42.5 Å². The fourth-order valence-electron chi connectivity index (χ4n) is 1.29. The Labute approximate surface area is 85.9 Å². The van der Waals surface area contributed by atoms with E-state index in [1.165, 1.54) is 17.1 Å². The maximum Gasteiger partial charge on any atom is 0.197 e. The van der Waals surface area contributed by atoms with E-state index in [0.717, 1.165) is 0 Å². The summed E-state index contributed by atoms with van der Waals surface area (Å²) >= 11 is 0. The van der Waals surface area contributed by atoms with Gasteiger partial charge < -0.3 is 19.9 Å². The van der Waals surface area contributed by atoms with Gasteiger partial charge in [0, 0.05) is 6.20 Å². The third-order valence-electron chi connectivity index (χ3n) is 2.03. The third kappa shape index (κ3) is 1.83. The molecule has 0 bridgehead atoms. The number of nitrogens with zero attached hydrogens (tertiary/aromatic N) is 2. The van der Waals surface area contributed by atoms with Gasteiger partial charge in [0.05, 0.1) is 12.0 Å². The van der Waals surface area contributed by atoms with Gasteiger partial charge in [0.2, 0.25) is 0 Å². The standard InChI is InChI=1S/C10H10N2O3/c13-9-4-2-1-3-8(9)12-5-7(10(14)15)11-6-12/h1-6,10,13-15H. The Morgan fingerprint density at radius 1 is 1.20 bits per heavy atom. The van der Waals surface area contributed by atoms with Crippen LogP contribution in [0.3, 0.4) is 0 Å². The number of aliphatic hydroxyl groups excluding tert-OH is 1. The number of phenols is 1. The molecule has 5 heteroatoms. The molecular formula is C10H10N2O3. The molecule has 1 heterocycles. The first-order chi connectivity index (χ1) is 7.18. The highest BCUT2D eigenvalue weighted by Crippen LogP contribution is 2.21. The number of phenolic OH excluding ortho intramolecular Hbond substituents is 1. The Balaban J connectivity index is 2.42. The van der Waals surface area contributed by atoms with Crippen molar-refractivity contribution in [1.29, 1.82) is 0 Å². The predicted molar refractivity (Wildman–Crippen MR) is 52.4 cm³/mol. The molecule has 0 amide bonds. The average Bonchev–Trinajstić information content (AvgIpc) is 2.67. The molecule has 5 nitrogen and oxygen atoms in total. The summed E-state index contributed by atoms with van der Waals surface area (Å²) in [5, 5.41) is 27.3. The Kier molecular flexibility index (Phi) is 2.40. The van der Waals surface area contributed by atoms with E-state index in [2.05, 4.69) is 4.98 Å². The zero-order valence-corrected chi connectivity index (χ0v) is 7.78. The quantitative estimate of drug-likeness (QED) is 0.627. The number of benzene rings is 1. The molecule has 2 rings (SSSR count).